The Morgan fingerprint density at radius 3 is 2.67 bits per heavy atom. The zero-order valence-corrected chi connectivity index (χ0v) is 11.0. The molecule has 4 heteroatoms. The highest BCUT2D eigenvalue weighted by Gasteiger charge is 2.23. The largest absolute Gasteiger partial charge is 0.395 e. The molecule has 3 N–H and O–H groups in total. The van der Waals surface area contributed by atoms with E-state index in [2.05, 4.69) is 9.88 Å². The highest BCUT2D eigenvalue weighted by atomic mass is 16.3. The molecule has 1 unspecified atom stereocenters. The first kappa shape index (κ1) is 13.3. The van der Waals surface area contributed by atoms with E-state index in [4.69, 9.17) is 5.73 Å². The minimum Gasteiger partial charge on any atom is -0.395 e. The summed E-state index contributed by atoms with van der Waals surface area (Å²) in [6.45, 7) is 2.79. The van der Waals surface area contributed by atoms with Gasteiger partial charge in [0.15, 0.2) is 0 Å². The molecule has 1 heterocycles. The Hall–Kier alpha value is -1.13. The van der Waals surface area contributed by atoms with E-state index in [1.807, 2.05) is 25.3 Å². The highest BCUT2D eigenvalue weighted by Crippen LogP contribution is 2.27. The minimum absolute atomic E-state index is 0.0179. The fourth-order valence-corrected chi connectivity index (χ4v) is 2.64. The molecule has 1 aliphatic rings. The predicted molar refractivity (Wildman–Crippen MR) is 73.5 cm³/mol. The van der Waals surface area contributed by atoms with Gasteiger partial charge in [-0.25, -0.2) is 4.98 Å². The summed E-state index contributed by atoms with van der Waals surface area (Å²) in [6, 6.07) is 4.61. The molecule has 18 heavy (non-hydrogen) atoms. The molecule has 0 aromatic carbocycles. The number of nitrogens with two attached hydrogens (primary N) is 1. The Morgan fingerprint density at radius 1 is 1.44 bits per heavy atom. The molecule has 0 spiro atoms. The minimum atomic E-state index is 0.0179. The standard InChI is InChI=1S/C14H23N3O/c1-11(15)12-6-7-14(16-10-12)17(8-9-18)13-4-2-3-5-13/h6-7,10-11,13,18H,2-5,8-9,15H2,1H3. The topological polar surface area (TPSA) is 62.4 Å². The number of anilines is 1. The Kier molecular flexibility index (Phi) is 4.55. The van der Waals surface area contributed by atoms with Gasteiger partial charge in [0.2, 0.25) is 0 Å². The third kappa shape index (κ3) is 3.00. The second kappa shape index (κ2) is 6.16. The van der Waals surface area contributed by atoms with Crippen molar-refractivity contribution in [3.8, 4) is 0 Å². The van der Waals surface area contributed by atoms with Gasteiger partial charge in [-0.3, -0.25) is 0 Å². The van der Waals surface area contributed by atoms with Crippen LogP contribution < -0.4 is 10.6 Å². The van der Waals surface area contributed by atoms with E-state index >= 15 is 0 Å². The number of pyridine rings is 1. The van der Waals surface area contributed by atoms with Gasteiger partial charge in [-0.2, -0.15) is 0 Å². The van der Waals surface area contributed by atoms with Gasteiger partial charge < -0.3 is 15.7 Å². The van der Waals surface area contributed by atoms with E-state index in [-0.39, 0.29) is 12.6 Å². The van der Waals surface area contributed by atoms with E-state index < -0.39 is 0 Å². The number of hydrogen-bond donors (Lipinski definition) is 2. The molecular formula is C14H23N3O. The summed E-state index contributed by atoms with van der Waals surface area (Å²) in [5, 5.41) is 9.21. The number of hydrogen-bond acceptors (Lipinski definition) is 4. The number of rotatable bonds is 5. The van der Waals surface area contributed by atoms with Crippen molar-refractivity contribution in [1.29, 1.82) is 0 Å². The second-order valence-corrected chi connectivity index (χ2v) is 5.09. The Morgan fingerprint density at radius 2 is 2.17 bits per heavy atom. The van der Waals surface area contributed by atoms with Crippen LogP contribution in [0.4, 0.5) is 5.82 Å². The molecule has 1 aromatic rings. The first-order valence-corrected chi connectivity index (χ1v) is 6.81. The summed E-state index contributed by atoms with van der Waals surface area (Å²) in [5.41, 5.74) is 6.88. The van der Waals surface area contributed by atoms with Crippen molar-refractivity contribution in [2.45, 2.75) is 44.7 Å². The summed E-state index contributed by atoms with van der Waals surface area (Å²) in [7, 11) is 0. The van der Waals surface area contributed by atoms with Gasteiger partial charge in [0.1, 0.15) is 5.82 Å². The Labute approximate surface area is 109 Å². The second-order valence-electron chi connectivity index (χ2n) is 5.09. The first-order chi connectivity index (χ1) is 8.72. The van der Waals surface area contributed by atoms with Crippen molar-refractivity contribution in [2.75, 3.05) is 18.1 Å². The monoisotopic (exact) mass is 249 g/mol. The van der Waals surface area contributed by atoms with E-state index in [0.717, 1.165) is 11.4 Å². The van der Waals surface area contributed by atoms with Gasteiger partial charge in [0.05, 0.1) is 6.61 Å². The summed E-state index contributed by atoms with van der Waals surface area (Å²) in [5.74, 6) is 0.959. The summed E-state index contributed by atoms with van der Waals surface area (Å²) >= 11 is 0. The fraction of sp³-hybridized carbons (Fsp3) is 0.643. The van der Waals surface area contributed by atoms with Crippen LogP contribution in [0.15, 0.2) is 18.3 Å². The molecule has 1 saturated carbocycles. The molecule has 1 fully saturated rings. The van der Waals surface area contributed by atoms with Crippen molar-refractivity contribution in [3.63, 3.8) is 0 Å². The SMILES string of the molecule is CC(N)c1ccc(N(CCO)C2CCCC2)nc1. The maximum Gasteiger partial charge on any atom is 0.128 e. The lowest BCUT2D eigenvalue weighted by Gasteiger charge is -2.29. The third-order valence-electron chi connectivity index (χ3n) is 3.70. The molecule has 1 atom stereocenters. The first-order valence-electron chi connectivity index (χ1n) is 6.81. The lowest BCUT2D eigenvalue weighted by Crippen LogP contribution is -2.36. The zero-order chi connectivity index (χ0) is 13.0. The predicted octanol–water partition coefficient (Wildman–Crippen LogP) is 1.84. The molecule has 0 amide bonds. The quantitative estimate of drug-likeness (QED) is 0.836. The van der Waals surface area contributed by atoms with Gasteiger partial charge >= 0.3 is 0 Å². The molecular weight excluding hydrogens is 226 g/mol. The number of aromatic nitrogens is 1. The van der Waals surface area contributed by atoms with Crippen LogP contribution in [0, 0.1) is 0 Å². The van der Waals surface area contributed by atoms with E-state index in [1.165, 1.54) is 25.7 Å². The van der Waals surface area contributed by atoms with Gasteiger partial charge in [-0.05, 0) is 31.4 Å². The third-order valence-corrected chi connectivity index (χ3v) is 3.70. The number of nitrogens with zero attached hydrogens (tertiary/aromatic N) is 2. The maximum atomic E-state index is 9.21. The van der Waals surface area contributed by atoms with Gasteiger partial charge in [-0.1, -0.05) is 18.9 Å². The van der Waals surface area contributed by atoms with Crippen LogP contribution in [0.1, 0.15) is 44.2 Å². The zero-order valence-electron chi connectivity index (χ0n) is 11.0. The molecule has 0 aliphatic heterocycles. The number of aliphatic hydroxyl groups is 1. The summed E-state index contributed by atoms with van der Waals surface area (Å²) in [4.78, 5) is 6.73. The maximum absolute atomic E-state index is 9.21. The summed E-state index contributed by atoms with van der Waals surface area (Å²) < 4.78 is 0. The molecule has 0 radical (unpaired) electrons. The summed E-state index contributed by atoms with van der Waals surface area (Å²) in [6.07, 6.45) is 6.82. The normalized spacial score (nSPS) is 17.9. The van der Waals surface area contributed by atoms with Crippen LogP contribution in [-0.2, 0) is 0 Å². The van der Waals surface area contributed by atoms with Gasteiger partial charge in [0.25, 0.3) is 0 Å². The Bertz CT molecular complexity index is 358. The molecule has 0 saturated heterocycles. The van der Waals surface area contributed by atoms with Crippen molar-refractivity contribution in [3.05, 3.63) is 23.9 Å². The van der Waals surface area contributed by atoms with E-state index in [9.17, 15) is 5.11 Å². The highest BCUT2D eigenvalue weighted by molar-refractivity contribution is 5.41. The lowest BCUT2D eigenvalue weighted by molar-refractivity contribution is 0.297. The van der Waals surface area contributed by atoms with Crippen molar-refractivity contribution < 1.29 is 5.11 Å². The van der Waals surface area contributed by atoms with Crippen LogP contribution in [0.5, 0.6) is 0 Å². The van der Waals surface area contributed by atoms with Crippen LogP contribution in [0.25, 0.3) is 0 Å². The molecule has 4 nitrogen and oxygen atoms in total. The molecule has 0 bridgehead atoms. The van der Waals surface area contributed by atoms with Crippen molar-refractivity contribution >= 4 is 5.82 Å². The van der Waals surface area contributed by atoms with Gasteiger partial charge in [0, 0.05) is 24.8 Å². The smallest absolute Gasteiger partial charge is 0.128 e. The average Bonchev–Trinajstić information content (AvgIpc) is 2.90. The van der Waals surface area contributed by atoms with Crippen LogP contribution in [0.2, 0.25) is 0 Å². The molecule has 100 valence electrons. The van der Waals surface area contributed by atoms with Gasteiger partial charge in [-0.15, -0.1) is 0 Å². The van der Waals surface area contributed by atoms with Crippen molar-refractivity contribution in [1.82, 2.24) is 4.98 Å². The number of aliphatic hydroxyl groups excluding tert-OH is 1. The van der Waals surface area contributed by atoms with Crippen LogP contribution in [-0.4, -0.2) is 29.3 Å². The lowest BCUT2D eigenvalue weighted by atomic mass is 10.1. The average molecular weight is 249 g/mol. The molecule has 1 aromatic heterocycles. The van der Waals surface area contributed by atoms with E-state index in [0.29, 0.717) is 12.6 Å². The molecule has 2 rings (SSSR count). The fourth-order valence-electron chi connectivity index (χ4n) is 2.64. The van der Waals surface area contributed by atoms with Crippen LogP contribution in [0.3, 0.4) is 0 Å². The molecule has 1 aliphatic carbocycles. The van der Waals surface area contributed by atoms with Crippen molar-refractivity contribution in [2.24, 2.45) is 5.73 Å². The van der Waals surface area contributed by atoms with Crippen LogP contribution >= 0.6 is 0 Å². The Balaban J connectivity index is 2.14. The van der Waals surface area contributed by atoms with E-state index in [1.54, 1.807) is 0 Å².